The Labute approximate surface area is 236 Å². The Kier molecular flexibility index (Phi) is 10.2. The highest BCUT2D eigenvalue weighted by atomic mass is 32.2. The molecular weight excluding hydrogens is 530 g/mol. The average molecular weight is 568 g/mol. The van der Waals surface area contributed by atoms with Gasteiger partial charge in [-0.05, 0) is 50.1 Å². The highest BCUT2D eigenvalue weighted by Crippen LogP contribution is 2.32. The number of amides is 2. The van der Waals surface area contributed by atoms with E-state index in [9.17, 15) is 18.0 Å². The fourth-order valence-corrected chi connectivity index (χ4v) is 5.87. The molecule has 0 bridgehead atoms. The molecule has 0 fully saturated rings. The number of nitrogens with one attached hydrogen (secondary N) is 1. The number of hydrogen-bond acceptors (Lipinski definition) is 6. The van der Waals surface area contributed by atoms with Crippen LogP contribution in [0.2, 0.25) is 0 Å². The molecule has 3 aromatic rings. The van der Waals surface area contributed by atoms with Crippen molar-refractivity contribution in [1.82, 2.24) is 10.2 Å². The van der Waals surface area contributed by atoms with Gasteiger partial charge >= 0.3 is 0 Å². The Balaban J connectivity index is 2.09. The third-order valence-corrected chi connectivity index (χ3v) is 8.38. The lowest BCUT2D eigenvalue weighted by atomic mass is 10.1. The maximum absolute atomic E-state index is 14.1. The van der Waals surface area contributed by atoms with Crippen molar-refractivity contribution < 1.29 is 27.5 Å². The lowest BCUT2D eigenvalue weighted by Crippen LogP contribution is -2.51. The summed E-state index contributed by atoms with van der Waals surface area (Å²) in [5.41, 5.74) is 3.10. The van der Waals surface area contributed by atoms with E-state index in [2.05, 4.69) is 5.32 Å². The molecule has 2 amide bonds. The first kappa shape index (κ1) is 30.5. The van der Waals surface area contributed by atoms with Crippen molar-refractivity contribution in [1.29, 1.82) is 0 Å². The molecule has 1 N–H and O–H groups in total. The molecule has 0 aliphatic carbocycles. The van der Waals surface area contributed by atoms with E-state index >= 15 is 0 Å². The van der Waals surface area contributed by atoms with Gasteiger partial charge in [0.15, 0.2) is 11.5 Å². The first-order valence-corrected chi connectivity index (χ1v) is 14.4. The van der Waals surface area contributed by atoms with Crippen molar-refractivity contribution in [3.8, 4) is 11.5 Å². The Morgan fingerprint density at radius 1 is 0.900 bits per heavy atom. The van der Waals surface area contributed by atoms with Crippen LogP contribution < -0.4 is 19.1 Å². The highest BCUT2D eigenvalue weighted by molar-refractivity contribution is 7.92. The van der Waals surface area contributed by atoms with Crippen molar-refractivity contribution in [2.45, 2.75) is 44.7 Å². The van der Waals surface area contributed by atoms with Crippen LogP contribution in [0.15, 0.2) is 71.6 Å². The third kappa shape index (κ3) is 6.93. The number of nitrogens with zero attached hydrogens (tertiary/aromatic N) is 2. The Morgan fingerprint density at radius 2 is 1.57 bits per heavy atom. The van der Waals surface area contributed by atoms with E-state index in [-0.39, 0.29) is 23.1 Å². The third-order valence-electron chi connectivity index (χ3n) is 6.61. The minimum Gasteiger partial charge on any atom is -0.493 e. The van der Waals surface area contributed by atoms with Gasteiger partial charge in [-0.25, -0.2) is 8.42 Å². The summed E-state index contributed by atoms with van der Waals surface area (Å²) < 4.78 is 39.8. The average Bonchev–Trinajstić information content (AvgIpc) is 2.95. The first-order chi connectivity index (χ1) is 19.0. The number of methoxy groups -OCH3 is 2. The van der Waals surface area contributed by atoms with Crippen molar-refractivity contribution in [2.75, 3.05) is 32.1 Å². The van der Waals surface area contributed by atoms with Gasteiger partial charge < -0.3 is 19.7 Å². The van der Waals surface area contributed by atoms with Crippen LogP contribution in [0.25, 0.3) is 0 Å². The van der Waals surface area contributed by atoms with Crippen molar-refractivity contribution in [3.63, 3.8) is 0 Å². The molecule has 9 nitrogen and oxygen atoms in total. The normalized spacial score (nSPS) is 11.8. The molecule has 0 aliphatic heterocycles. The van der Waals surface area contributed by atoms with Gasteiger partial charge in [0.25, 0.3) is 10.0 Å². The zero-order chi connectivity index (χ0) is 29.4. The Hall–Kier alpha value is -4.05. The first-order valence-electron chi connectivity index (χ1n) is 12.9. The molecule has 0 spiro atoms. The number of carbonyl (C=O) groups excluding carboxylic acids is 2. The maximum atomic E-state index is 14.1. The molecule has 3 aromatic carbocycles. The van der Waals surface area contributed by atoms with Crippen LogP contribution in [0.1, 0.15) is 30.0 Å². The second-order valence-corrected chi connectivity index (χ2v) is 11.3. The summed E-state index contributed by atoms with van der Waals surface area (Å²) in [5.74, 6) is -0.222. The van der Waals surface area contributed by atoms with E-state index in [1.165, 1.54) is 44.4 Å². The second kappa shape index (κ2) is 13.3. The molecule has 1 atom stereocenters. The van der Waals surface area contributed by atoms with Crippen LogP contribution in [0.3, 0.4) is 0 Å². The number of ether oxygens (including phenoxy) is 2. The molecule has 3 rings (SSSR count). The van der Waals surface area contributed by atoms with Crippen LogP contribution in [0, 0.1) is 13.8 Å². The maximum Gasteiger partial charge on any atom is 0.264 e. The zero-order valence-electron chi connectivity index (χ0n) is 23.8. The number of aryl methyl sites for hydroxylation is 2. The lowest BCUT2D eigenvalue weighted by molar-refractivity contribution is -0.140. The molecule has 0 heterocycles. The zero-order valence-corrected chi connectivity index (χ0v) is 24.6. The minimum atomic E-state index is -4.24. The monoisotopic (exact) mass is 567 g/mol. The SMILES string of the molecule is CC[C@@H](C(=O)NC)N(Cc1cccc(C)c1)C(=O)CN(c1ccc(C)cc1)S(=O)(=O)c1ccc(OC)c(OC)c1. The van der Waals surface area contributed by atoms with Crippen LogP contribution in [0.5, 0.6) is 11.5 Å². The quantitative estimate of drug-likeness (QED) is 0.354. The predicted molar refractivity (Wildman–Crippen MR) is 155 cm³/mol. The summed E-state index contributed by atoms with van der Waals surface area (Å²) in [6.07, 6.45) is 0.351. The molecule has 0 aromatic heterocycles. The largest absolute Gasteiger partial charge is 0.493 e. The van der Waals surface area contributed by atoms with E-state index in [0.29, 0.717) is 17.9 Å². The molecule has 0 radical (unpaired) electrons. The number of sulfonamides is 1. The van der Waals surface area contributed by atoms with Crippen LogP contribution in [-0.2, 0) is 26.2 Å². The van der Waals surface area contributed by atoms with Gasteiger partial charge in [-0.3, -0.25) is 13.9 Å². The number of anilines is 1. The highest BCUT2D eigenvalue weighted by Gasteiger charge is 2.33. The second-order valence-electron chi connectivity index (χ2n) is 9.41. The predicted octanol–water partition coefficient (Wildman–Crippen LogP) is 4.07. The van der Waals surface area contributed by atoms with E-state index in [0.717, 1.165) is 21.0 Å². The summed E-state index contributed by atoms with van der Waals surface area (Å²) in [6, 6.07) is 18.0. The molecule has 0 aliphatic rings. The number of likely N-dealkylation sites (N-methyl/N-ethyl adjacent to an activating group) is 1. The minimum absolute atomic E-state index is 0.0675. The van der Waals surface area contributed by atoms with Gasteiger partial charge in [-0.1, -0.05) is 54.4 Å². The van der Waals surface area contributed by atoms with E-state index in [1.807, 2.05) is 45.0 Å². The molecule has 0 unspecified atom stereocenters. The Bertz CT molecular complexity index is 1440. The van der Waals surface area contributed by atoms with Crippen molar-refractivity contribution >= 4 is 27.5 Å². The number of carbonyl (C=O) groups is 2. The van der Waals surface area contributed by atoms with Crippen LogP contribution in [-0.4, -0.2) is 59.0 Å². The molecule has 10 heteroatoms. The summed E-state index contributed by atoms with van der Waals surface area (Å²) in [5, 5.41) is 2.63. The summed E-state index contributed by atoms with van der Waals surface area (Å²) in [6.45, 7) is 5.28. The topological polar surface area (TPSA) is 105 Å². The molecule has 0 saturated heterocycles. The van der Waals surface area contributed by atoms with E-state index in [1.54, 1.807) is 24.3 Å². The van der Waals surface area contributed by atoms with Gasteiger partial charge in [0, 0.05) is 19.7 Å². The van der Waals surface area contributed by atoms with Gasteiger partial charge in [0.2, 0.25) is 11.8 Å². The van der Waals surface area contributed by atoms with Crippen molar-refractivity contribution in [2.24, 2.45) is 0 Å². The number of rotatable bonds is 12. The molecule has 0 saturated carbocycles. The summed E-state index contributed by atoms with van der Waals surface area (Å²) in [7, 11) is 0.153. The Morgan fingerprint density at radius 3 is 2.15 bits per heavy atom. The van der Waals surface area contributed by atoms with Gasteiger partial charge in [-0.15, -0.1) is 0 Å². The van der Waals surface area contributed by atoms with E-state index in [4.69, 9.17) is 9.47 Å². The van der Waals surface area contributed by atoms with Crippen LogP contribution in [0.4, 0.5) is 5.69 Å². The van der Waals surface area contributed by atoms with Crippen LogP contribution >= 0.6 is 0 Å². The summed E-state index contributed by atoms with van der Waals surface area (Å²) in [4.78, 5) is 28.2. The van der Waals surface area contributed by atoms with Gasteiger partial charge in [0.1, 0.15) is 12.6 Å². The fraction of sp³-hybridized carbons (Fsp3) is 0.333. The number of benzene rings is 3. The number of hydrogen-bond donors (Lipinski definition) is 1. The standard InChI is InChI=1S/C30H37N3O6S/c1-7-26(30(35)31-4)32(19-23-10-8-9-22(3)17-23)29(34)20-33(24-13-11-21(2)12-14-24)40(36,37)25-15-16-27(38-5)28(18-25)39-6/h8-18,26H,7,19-20H2,1-6H3,(H,31,35)/t26-/m0/s1. The smallest absolute Gasteiger partial charge is 0.264 e. The fourth-order valence-electron chi connectivity index (χ4n) is 4.44. The van der Waals surface area contributed by atoms with Gasteiger partial charge in [-0.2, -0.15) is 0 Å². The molecule has 40 heavy (non-hydrogen) atoms. The lowest BCUT2D eigenvalue weighted by Gasteiger charge is -2.33. The van der Waals surface area contributed by atoms with Gasteiger partial charge in [0.05, 0.1) is 24.8 Å². The summed E-state index contributed by atoms with van der Waals surface area (Å²) >= 11 is 0. The molecule has 214 valence electrons. The van der Waals surface area contributed by atoms with E-state index < -0.39 is 28.5 Å². The van der Waals surface area contributed by atoms with Crippen molar-refractivity contribution in [3.05, 3.63) is 83.4 Å². The molecular formula is C30H37N3O6S.